The first kappa shape index (κ1) is 14.0. The molecule has 16 heavy (non-hydrogen) atoms. The minimum atomic E-state index is 0.356. The Bertz CT molecular complexity index is 364. The van der Waals surface area contributed by atoms with Gasteiger partial charge in [0, 0.05) is 6.04 Å². The lowest BCUT2D eigenvalue weighted by atomic mass is 10.1. The molecule has 0 fully saturated rings. The van der Waals surface area contributed by atoms with Crippen molar-refractivity contribution in [3.05, 3.63) is 27.2 Å². The van der Waals surface area contributed by atoms with Gasteiger partial charge in [-0.2, -0.15) is 0 Å². The number of hydrogen-bond acceptors (Lipinski definition) is 1. The van der Waals surface area contributed by atoms with Gasteiger partial charge in [-0.15, -0.1) is 0 Å². The Balaban J connectivity index is 2.77. The molecule has 0 heterocycles. The summed E-state index contributed by atoms with van der Waals surface area (Å²) in [6.07, 6.45) is 1.08. The minimum Gasteiger partial charge on any atom is -0.381 e. The van der Waals surface area contributed by atoms with Crippen molar-refractivity contribution >= 4 is 40.5 Å². The third-order valence-corrected chi connectivity index (χ3v) is 3.27. The van der Waals surface area contributed by atoms with Crippen LogP contribution in [0.3, 0.4) is 0 Å². The Labute approximate surface area is 112 Å². The maximum absolute atomic E-state index is 6.08. The lowest BCUT2D eigenvalue weighted by Crippen LogP contribution is -2.17. The third kappa shape index (κ3) is 4.04. The fourth-order valence-corrected chi connectivity index (χ4v) is 2.27. The molecule has 0 saturated carbocycles. The normalized spacial score (nSPS) is 12.9. The SMILES string of the molecule is CC(C)CC(C)Nc1cc(Cl)c(Cl)cc1Cl. The van der Waals surface area contributed by atoms with Crippen molar-refractivity contribution in [3.8, 4) is 0 Å². The largest absolute Gasteiger partial charge is 0.381 e. The molecule has 0 aliphatic heterocycles. The monoisotopic (exact) mass is 279 g/mol. The molecule has 90 valence electrons. The number of anilines is 1. The van der Waals surface area contributed by atoms with Crippen LogP contribution >= 0.6 is 34.8 Å². The molecule has 1 nitrogen and oxygen atoms in total. The van der Waals surface area contributed by atoms with E-state index in [1.54, 1.807) is 12.1 Å². The zero-order valence-electron chi connectivity index (χ0n) is 9.65. The summed E-state index contributed by atoms with van der Waals surface area (Å²) >= 11 is 17.9. The van der Waals surface area contributed by atoms with E-state index in [4.69, 9.17) is 34.8 Å². The van der Waals surface area contributed by atoms with Gasteiger partial charge in [-0.1, -0.05) is 48.7 Å². The Hall–Kier alpha value is -0.110. The van der Waals surface area contributed by atoms with E-state index in [1.807, 2.05) is 0 Å². The summed E-state index contributed by atoms with van der Waals surface area (Å²) in [4.78, 5) is 0. The number of rotatable bonds is 4. The van der Waals surface area contributed by atoms with Gasteiger partial charge in [-0.3, -0.25) is 0 Å². The molecule has 1 atom stereocenters. The van der Waals surface area contributed by atoms with Crippen molar-refractivity contribution in [2.24, 2.45) is 5.92 Å². The van der Waals surface area contributed by atoms with E-state index in [0.29, 0.717) is 27.0 Å². The van der Waals surface area contributed by atoms with E-state index in [-0.39, 0.29) is 0 Å². The molecular formula is C12H16Cl3N. The standard InChI is InChI=1S/C12H16Cl3N/c1-7(2)4-8(3)16-12-6-10(14)9(13)5-11(12)15/h5-8,16H,4H2,1-3H3. The van der Waals surface area contributed by atoms with E-state index < -0.39 is 0 Å². The van der Waals surface area contributed by atoms with Gasteiger partial charge in [-0.05, 0) is 31.4 Å². The fourth-order valence-electron chi connectivity index (χ4n) is 1.66. The summed E-state index contributed by atoms with van der Waals surface area (Å²) in [6.45, 7) is 6.50. The molecule has 0 saturated heterocycles. The van der Waals surface area contributed by atoms with Gasteiger partial charge >= 0.3 is 0 Å². The summed E-state index contributed by atoms with van der Waals surface area (Å²) in [5, 5.41) is 4.94. The molecule has 0 radical (unpaired) electrons. The van der Waals surface area contributed by atoms with Crippen molar-refractivity contribution in [3.63, 3.8) is 0 Å². The van der Waals surface area contributed by atoms with Crippen LogP contribution in [-0.4, -0.2) is 6.04 Å². The first-order chi connectivity index (χ1) is 7.40. The van der Waals surface area contributed by atoms with Crippen molar-refractivity contribution in [1.82, 2.24) is 0 Å². The lowest BCUT2D eigenvalue weighted by molar-refractivity contribution is 0.540. The maximum Gasteiger partial charge on any atom is 0.0653 e. The van der Waals surface area contributed by atoms with Gasteiger partial charge in [0.1, 0.15) is 0 Å². The summed E-state index contributed by atoms with van der Waals surface area (Å²) in [5.74, 6) is 0.643. The predicted octanol–water partition coefficient (Wildman–Crippen LogP) is 5.49. The van der Waals surface area contributed by atoms with E-state index in [1.165, 1.54) is 0 Å². The maximum atomic E-state index is 6.08. The summed E-state index contributed by atoms with van der Waals surface area (Å²) in [6, 6.07) is 3.79. The van der Waals surface area contributed by atoms with E-state index in [2.05, 4.69) is 26.1 Å². The highest BCUT2D eigenvalue weighted by Crippen LogP contribution is 2.32. The Morgan fingerprint density at radius 2 is 1.56 bits per heavy atom. The van der Waals surface area contributed by atoms with Crippen LogP contribution in [0, 0.1) is 5.92 Å². The predicted molar refractivity (Wildman–Crippen MR) is 74.0 cm³/mol. The zero-order chi connectivity index (χ0) is 12.3. The van der Waals surface area contributed by atoms with E-state index >= 15 is 0 Å². The van der Waals surface area contributed by atoms with Crippen LogP contribution in [0.5, 0.6) is 0 Å². The Morgan fingerprint density at radius 1 is 1.00 bits per heavy atom. The van der Waals surface area contributed by atoms with Crippen molar-refractivity contribution in [2.45, 2.75) is 33.2 Å². The molecule has 0 aliphatic carbocycles. The molecule has 0 bridgehead atoms. The highest BCUT2D eigenvalue weighted by Gasteiger charge is 2.09. The molecule has 0 spiro atoms. The van der Waals surface area contributed by atoms with Gasteiger partial charge in [0.05, 0.1) is 20.8 Å². The topological polar surface area (TPSA) is 12.0 Å². The van der Waals surface area contributed by atoms with Gasteiger partial charge in [0.15, 0.2) is 0 Å². The average Bonchev–Trinajstić information content (AvgIpc) is 2.12. The second kappa shape index (κ2) is 6.00. The highest BCUT2D eigenvalue weighted by atomic mass is 35.5. The van der Waals surface area contributed by atoms with Crippen LogP contribution in [0.25, 0.3) is 0 Å². The van der Waals surface area contributed by atoms with Gasteiger partial charge in [0.2, 0.25) is 0 Å². The minimum absolute atomic E-state index is 0.356. The van der Waals surface area contributed by atoms with Crippen LogP contribution in [0.15, 0.2) is 12.1 Å². The smallest absolute Gasteiger partial charge is 0.0653 e. The number of benzene rings is 1. The van der Waals surface area contributed by atoms with Crippen molar-refractivity contribution < 1.29 is 0 Å². The first-order valence-corrected chi connectivity index (χ1v) is 6.44. The van der Waals surface area contributed by atoms with Crippen molar-refractivity contribution in [2.75, 3.05) is 5.32 Å². The summed E-state index contributed by atoms with van der Waals surface area (Å²) in [7, 11) is 0. The van der Waals surface area contributed by atoms with Crippen LogP contribution in [0.1, 0.15) is 27.2 Å². The third-order valence-electron chi connectivity index (χ3n) is 2.24. The second-order valence-corrected chi connectivity index (χ2v) is 5.64. The van der Waals surface area contributed by atoms with Gasteiger partial charge < -0.3 is 5.32 Å². The lowest BCUT2D eigenvalue weighted by Gasteiger charge is -2.18. The Kier molecular flexibility index (Phi) is 5.23. The number of hydrogen-bond donors (Lipinski definition) is 1. The van der Waals surface area contributed by atoms with Crippen LogP contribution in [-0.2, 0) is 0 Å². The molecule has 1 unspecified atom stereocenters. The quantitative estimate of drug-likeness (QED) is 0.719. The zero-order valence-corrected chi connectivity index (χ0v) is 11.9. The number of halogens is 3. The summed E-state index contributed by atoms with van der Waals surface area (Å²) < 4.78 is 0. The average molecular weight is 281 g/mol. The molecule has 1 rings (SSSR count). The molecule has 0 aliphatic rings. The molecule has 1 aromatic rings. The fraction of sp³-hybridized carbons (Fsp3) is 0.500. The highest BCUT2D eigenvalue weighted by molar-refractivity contribution is 6.44. The molecular weight excluding hydrogens is 264 g/mol. The first-order valence-electron chi connectivity index (χ1n) is 5.31. The van der Waals surface area contributed by atoms with Crippen LogP contribution in [0.2, 0.25) is 15.1 Å². The van der Waals surface area contributed by atoms with Gasteiger partial charge in [-0.25, -0.2) is 0 Å². The molecule has 4 heteroatoms. The Morgan fingerprint density at radius 3 is 2.12 bits per heavy atom. The van der Waals surface area contributed by atoms with Gasteiger partial charge in [0.25, 0.3) is 0 Å². The van der Waals surface area contributed by atoms with Crippen LogP contribution in [0.4, 0.5) is 5.69 Å². The van der Waals surface area contributed by atoms with E-state index in [0.717, 1.165) is 12.1 Å². The molecule has 1 N–H and O–H groups in total. The van der Waals surface area contributed by atoms with Crippen LogP contribution < -0.4 is 5.32 Å². The molecule has 0 aromatic heterocycles. The molecule has 0 amide bonds. The molecule has 1 aromatic carbocycles. The van der Waals surface area contributed by atoms with E-state index in [9.17, 15) is 0 Å². The second-order valence-electron chi connectivity index (χ2n) is 4.42. The number of nitrogens with one attached hydrogen (secondary N) is 1. The summed E-state index contributed by atoms with van der Waals surface area (Å²) in [5.41, 5.74) is 0.837. The van der Waals surface area contributed by atoms with Crippen molar-refractivity contribution in [1.29, 1.82) is 0 Å².